The van der Waals surface area contributed by atoms with Crippen LogP contribution in [-0.2, 0) is 11.3 Å². The Balaban J connectivity index is 1.37. The van der Waals surface area contributed by atoms with Gasteiger partial charge in [0.05, 0.1) is 0 Å². The average Bonchev–Trinajstić information content (AvgIpc) is 3.18. The smallest absolute Gasteiger partial charge is 0.227 e. The number of nitrogens with zero attached hydrogens (tertiary/aromatic N) is 2. The third-order valence-corrected chi connectivity index (χ3v) is 6.25. The molecule has 0 atom stereocenters. The van der Waals surface area contributed by atoms with Gasteiger partial charge in [-0.15, -0.1) is 0 Å². The van der Waals surface area contributed by atoms with E-state index in [2.05, 4.69) is 31.9 Å². The molecule has 0 aromatic heterocycles. The molecule has 2 aliphatic rings. The molecule has 0 unspecified atom stereocenters. The zero-order chi connectivity index (χ0) is 21.0. The number of anilines is 1. The zero-order valence-electron chi connectivity index (χ0n) is 18.6. The van der Waals surface area contributed by atoms with Gasteiger partial charge in [0, 0.05) is 31.7 Å². The van der Waals surface area contributed by atoms with Crippen LogP contribution in [0.4, 0.5) is 5.69 Å². The van der Waals surface area contributed by atoms with Gasteiger partial charge in [-0.1, -0.05) is 37.8 Å². The summed E-state index contributed by atoms with van der Waals surface area (Å²) in [5.74, 6) is 1.18. The van der Waals surface area contributed by atoms with Gasteiger partial charge >= 0.3 is 0 Å². The van der Waals surface area contributed by atoms with Crippen molar-refractivity contribution in [1.82, 2.24) is 15.5 Å². The Bertz CT molecular complexity index is 676. The maximum atomic E-state index is 12.4. The van der Waals surface area contributed by atoms with Crippen LogP contribution in [0.25, 0.3) is 0 Å². The van der Waals surface area contributed by atoms with Crippen LogP contribution in [0.2, 0.25) is 0 Å². The molecular weight excluding hydrogens is 374 g/mol. The maximum Gasteiger partial charge on any atom is 0.227 e. The number of likely N-dealkylation sites (tertiary alicyclic amines) is 1. The zero-order valence-corrected chi connectivity index (χ0v) is 18.6. The van der Waals surface area contributed by atoms with Crippen LogP contribution in [0, 0.1) is 5.92 Å². The second-order valence-corrected chi connectivity index (χ2v) is 8.63. The van der Waals surface area contributed by atoms with Crippen LogP contribution < -0.4 is 16.0 Å². The van der Waals surface area contributed by atoms with Crippen LogP contribution in [0.15, 0.2) is 29.3 Å². The summed E-state index contributed by atoms with van der Waals surface area (Å²) < 4.78 is 0. The Morgan fingerprint density at radius 3 is 2.57 bits per heavy atom. The fourth-order valence-corrected chi connectivity index (χ4v) is 4.47. The highest BCUT2D eigenvalue weighted by Gasteiger charge is 2.22. The van der Waals surface area contributed by atoms with E-state index >= 15 is 0 Å². The van der Waals surface area contributed by atoms with Crippen molar-refractivity contribution in [3.8, 4) is 0 Å². The van der Waals surface area contributed by atoms with Crippen molar-refractivity contribution < 1.29 is 4.79 Å². The van der Waals surface area contributed by atoms with E-state index in [1.54, 1.807) is 0 Å². The van der Waals surface area contributed by atoms with Crippen molar-refractivity contribution >= 4 is 17.6 Å². The van der Waals surface area contributed by atoms with Crippen molar-refractivity contribution in [2.75, 3.05) is 38.5 Å². The summed E-state index contributed by atoms with van der Waals surface area (Å²) in [6, 6.07) is 8.09. The molecular formula is C24H39N5O. The molecule has 2 fully saturated rings. The fraction of sp³-hybridized carbons (Fsp3) is 0.667. The van der Waals surface area contributed by atoms with E-state index in [1.165, 1.54) is 51.6 Å². The van der Waals surface area contributed by atoms with Crippen molar-refractivity contribution in [1.29, 1.82) is 0 Å². The molecule has 3 N–H and O–H groups in total. The quantitative estimate of drug-likeness (QED) is 0.345. The molecule has 0 bridgehead atoms. The molecule has 1 aromatic carbocycles. The fourth-order valence-electron chi connectivity index (χ4n) is 4.47. The number of guanidine groups is 1. The first-order valence-electron chi connectivity index (χ1n) is 11.8. The van der Waals surface area contributed by atoms with Crippen LogP contribution in [-0.4, -0.2) is 50.0 Å². The van der Waals surface area contributed by atoms with E-state index < -0.39 is 0 Å². The van der Waals surface area contributed by atoms with Gasteiger partial charge < -0.3 is 20.9 Å². The number of hydrogen-bond acceptors (Lipinski definition) is 3. The number of nitrogens with one attached hydrogen (secondary N) is 3. The first-order valence-corrected chi connectivity index (χ1v) is 11.8. The van der Waals surface area contributed by atoms with Crippen LogP contribution in [0.1, 0.15) is 63.4 Å². The Morgan fingerprint density at radius 2 is 1.83 bits per heavy atom. The summed E-state index contributed by atoms with van der Waals surface area (Å²) in [6.07, 6.45) is 11.0. The van der Waals surface area contributed by atoms with Gasteiger partial charge in [-0.25, -0.2) is 0 Å². The first-order chi connectivity index (χ1) is 14.7. The number of carbonyl (C=O) groups is 1. The van der Waals surface area contributed by atoms with Gasteiger partial charge in [0.15, 0.2) is 5.96 Å². The van der Waals surface area contributed by atoms with Gasteiger partial charge in [0.1, 0.15) is 0 Å². The predicted octanol–water partition coefficient (Wildman–Crippen LogP) is 3.75. The first kappa shape index (κ1) is 22.6. The number of hydrogen-bond donors (Lipinski definition) is 3. The van der Waals surface area contributed by atoms with E-state index in [1.807, 2.05) is 25.2 Å². The minimum atomic E-state index is 0.166. The molecule has 1 amide bonds. The summed E-state index contributed by atoms with van der Waals surface area (Å²) in [7, 11) is 1.81. The largest absolute Gasteiger partial charge is 0.356 e. The van der Waals surface area contributed by atoms with Gasteiger partial charge in [-0.05, 0) is 69.4 Å². The summed E-state index contributed by atoms with van der Waals surface area (Å²) in [4.78, 5) is 19.3. The van der Waals surface area contributed by atoms with Crippen LogP contribution in [0.5, 0.6) is 0 Å². The second kappa shape index (κ2) is 12.6. The predicted molar refractivity (Wildman–Crippen MR) is 125 cm³/mol. The number of amides is 1. The lowest BCUT2D eigenvalue weighted by molar-refractivity contribution is -0.119. The summed E-state index contributed by atoms with van der Waals surface area (Å²) in [5, 5.41) is 9.89. The van der Waals surface area contributed by atoms with Crippen LogP contribution in [0.3, 0.4) is 0 Å². The molecule has 1 saturated heterocycles. The molecule has 0 radical (unpaired) electrons. The van der Waals surface area contributed by atoms with E-state index in [9.17, 15) is 4.79 Å². The molecule has 6 heteroatoms. The number of aliphatic imine (C=N–C) groups is 1. The lowest BCUT2D eigenvalue weighted by atomic mass is 10.1. The van der Waals surface area contributed by atoms with E-state index in [0.29, 0.717) is 6.54 Å². The van der Waals surface area contributed by atoms with Gasteiger partial charge in [-0.2, -0.15) is 0 Å². The second-order valence-electron chi connectivity index (χ2n) is 8.63. The number of benzene rings is 1. The van der Waals surface area contributed by atoms with Crippen molar-refractivity contribution in [3.63, 3.8) is 0 Å². The number of carbonyl (C=O) groups excluding carboxylic acids is 1. The summed E-state index contributed by atoms with van der Waals surface area (Å²) >= 11 is 0. The van der Waals surface area contributed by atoms with E-state index in [-0.39, 0.29) is 11.8 Å². The Hall–Kier alpha value is -2.08. The maximum absolute atomic E-state index is 12.4. The highest BCUT2D eigenvalue weighted by atomic mass is 16.1. The molecule has 1 aliphatic heterocycles. The molecule has 0 spiro atoms. The van der Waals surface area contributed by atoms with Crippen LogP contribution >= 0.6 is 0 Å². The third kappa shape index (κ3) is 7.63. The SMILES string of the molecule is CN=C(NCCCN1CCCCCC1)NCc1cccc(NC(=O)C2CCCC2)c1. The lowest BCUT2D eigenvalue weighted by Crippen LogP contribution is -2.38. The average molecular weight is 414 g/mol. The summed E-state index contributed by atoms with van der Waals surface area (Å²) in [5.41, 5.74) is 2.01. The monoisotopic (exact) mass is 413 g/mol. The van der Waals surface area contributed by atoms with Crippen molar-refractivity contribution in [3.05, 3.63) is 29.8 Å². The Kier molecular flexibility index (Phi) is 9.48. The highest BCUT2D eigenvalue weighted by Crippen LogP contribution is 2.26. The summed E-state index contributed by atoms with van der Waals surface area (Å²) in [6.45, 7) is 5.26. The Labute approximate surface area is 181 Å². The molecule has 1 aliphatic carbocycles. The molecule has 166 valence electrons. The molecule has 1 saturated carbocycles. The molecule has 3 rings (SSSR count). The van der Waals surface area contributed by atoms with Gasteiger partial charge in [0.25, 0.3) is 0 Å². The highest BCUT2D eigenvalue weighted by molar-refractivity contribution is 5.92. The van der Waals surface area contributed by atoms with E-state index in [0.717, 1.165) is 49.6 Å². The standard InChI is InChI=1S/C24H39N5O/c1-25-24(26-14-9-17-29-15-6-2-3-7-16-29)27-19-20-10-8-13-22(18-20)28-23(30)21-11-4-5-12-21/h8,10,13,18,21H,2-7,9,11-12,14-17,19H2,1H3,(H,28,30)(H2,25,26,27). The van der Waals surface area contributed by atoms with Crippen molar-refractivity contribution in [2.24, 2.45) is 10.9 Å². The van der Waals surface area contributed by atoms with E-state index in [4.69, 9.17) is 0 Å². The minimum Gasteiger partial charge on any atom is -0.356 e. The Morgan fingerprint density at radius 1 is 1.07 bits per heavy atom. The van der Waals surface area contributed by atoms with Gasteiger partial charge in [0.2, 0.25) is 5.91 Å². The van der Waals surface area contributed by atoms with Gasteiger partial charge in [-0.3, -0.25) is 9.79 Å². The molecule has 1 aromatic rings. The van der Waals surface area contributed by atoms with Crippen molar-refractivity contribution in [2.45, 2.75) is 64.3 Å². The minimum absolute atomic E-state index is 0.166. The normalized spacial score (nSPS) is 18.8. The molecule has 30 heavy (non-hydrogen) atoms. The number of rotatable bonds is 8. The third-order valence-electron chi connectivity index (χ3n) is 6.25. The topological polar surface area (TPSA) is 68.8 Å². The lowest BCUT2D eigenvalue weighted by Gasteiger charge is -2.20. The molecule has 1 heterocycles. The molecule has 6 nitrogen and oxygen atoms in total.